The topological polar surface area (TPSA) is 63.4 Å². The maximum Gasteiger partial charge on any atom is 0.223 e. The molecule has 4 nitrogen and oxygen atoms in total. The molecule has 1 aliphatic heterocycles. The number of ketones is 1. The fourth-order valence-corrected chi connectivity index (χ4v) is 1.99. The van der Waals surface area contributed by atoms with Crippen LogP contribution in [0.4, 0.5) is 0 Å². The van der Waals surface area contributed by atoms with Crippen LogP contribution >= 0.6 is 0 Å². The Morgan fingerprint density at radius 1 is 1.71 bits per heavy atom. The van der Waals surface area contributed by atoms with Crippen LogP contribution in [0.3, 0.4) is 0 Å². The number of Topliss-reactive ketones (excluding diaryl/α,β-unsaturated/α-hetero) is 1. The quantitative estimate of drug-likeness (QED) is 0.700. The van der Waals surface area contributed by atoms with Gasteiger partial charge in [-0.1, -0.05) is 6.92 Å². The van der Waals surface area contributed by atoms with Gasteiger partial charge in [0.05, 0.1) is 6.04 Å². The number of hydrogen-bond acceptors (Lipinski definition) is 3. The van der Waals surface area contributed by atoms with Gasteiger partial charge in [-0.3, -0.25) is 9.59 Å². The number of nitrogens with zero attached hydrogens (tertiary/aromatic N) is 1. The second-order valence-electron chi connectivity index (χ2n) is 3.89. The first-order valence-corrected chi connectivity index (χ1v) is 5.10. The Kier molecular flexibility index (Phi) is 3.63. The molecule has 0 bridgehead atoms. The van der Waals surface area contributed by atoms with E-state index in [1.54, 1.807) is 4.90 Å². The summed E-state index contributed by atoms with van der Waals surface area (Å²) in [5.41, 5.74) is 5.51. The molecule has 1 saturated heterocycles. The first kappa shape index (κ1) is 11.2. The molecule has 2 atom stereocenters. The largest absolute Gasteiger partial charge is 0.332 e. The van der Waals surface area contributed by atoms with E-state index < -0.39 is 0 Å². The number of amides is 1. The Balaban J connectivity index is 2.68. The third-order valence-corrected chi connectivity index (χ3v) is 2.80. The van der Waals surface area contributed by atoms with E-state index in [0.717, 1.165) is 0 Å². The number of hydrogen-bond donors (Lipinski definition) is 1. The molecule has 4 heteroatoms. The van der Waals surface area contributed by atoms with Crippen molar-refractivity contribution in [3.8, 4) is 0 Å². The van der Waals surface area contributed by atoms with Crippen LogP contribution in [0.5, 0.6) is 0 Å². The van der Waals surface area contributed by atoms with Gasteiger partial charge in [-0.2, -0.15) is 0 Å². The molecule has 1 unspecified atom stereocenters. The maximum atomic E-state index is 11.6. The highest BCUT2D eigenvalue weighted by molar-refractivity contribution is 5.88. The normalized spacial score (nSPS) is 24.1. The Labute approximate surface area is 84.4 Å². The summed E-state index contributed by atoms with van der Waals surface area (Å²) in [4.78, 5) is 24.5. The molecule has 1 heterocycles. The second-order valence-corrected chi connectivity index (χ2v) is 3.89. The molecule has 14 heavy (non-hydrogen) atoms. The van der Waals surface area contributed by atoms with Gasteiger partial charge in [0.25, 0.3) is 0 Å². The Morgan fingerprint density at radius 2 is 2.36 bits per heavy atom. The fourth-order valence-electron chi connectivity index (χ4n) is 1.99. The lowest BCUT2D eigenvalue weighted by molar-refractivity contribution is -0.135. The van der Waals surface area contributed by atoms with Crippen molar-refractivity contribution in [2.24, 2.45) is 11.7 Å². The van der Waals surface area contributed by atoms with Crippen LogP contribution in [-0.4, -0.2) is 35.7 Å². The molecule has 2 N–H and O–H groups in total. The zero-order valence-electron chi connectivity index (χ0n) is 8.82. The lowest BCUT2D eigenvalue weighted by Crippen LogP contribution is -2.41. The summed E-state index contributed by atoms with van der Waals surface area (Å²) in [6, 6.07) is -0.237. The summed E-state index contributed by atoms with van der Waals surface area (Å²) in [7, 11) is 0. The predicted octanol–water partition coefficient (Wildman–Crippen LogP) is 0.161. The van der Waals surface area contributed by atoms with Crippen LogP contribution in [0, 0.1) is 5.92 Å². The SMILES string of the molecule is CC[C@@H](C(C)=O)N1CC(CN)CC1=O. The van der Waals surface area contributed by atoms with Crippen LogP contribution in [0.25, 0.3) is 0 Å². The van der Waals surface area contributed by atoms with Gasteiger partial charge >= 0.3 is 0 Å². The van der Waals surface area contributed by atoms with Gasteiger partial charge in [-0.05, 0) is 25.8 Å². The maximum absolute atomic E-state index is 11.6. The molecular formula is C10H18N2O2. The van der Waals surface area contributed by atoms with Crippen molar-refractivity contribution in [1.82, 2.24) is 4.90 Å². The Bertz CT molecular complexity index is 240. The zero-order chi connectivity index (χ0) is 10.7. The molecular weight excluding hydrogens is 180 g/mol. The third kappa shape index (κ3) is 2.12. The smallest absolute Gasteiger partial charge is 0.223 e. The summed E-state index contributed by atoms with van der Waals surface area (Å²) in [5, 5.41) is 0. The third-order valence-electron chi connectivity index (χ3n) is 2.80. The van der Waals surface area contributed by atoms with Crippen molar-refractivity contribution >= 4 is 11.7 Å². The molecule has 1 rings (SSSR count). The summed E-state index contributed by atoms with van der Waals surface area (Å²) in [6.07, 6.45) is 1.19. The summed E-state index contributed by atoms with van der Waals surface area (Å²) in [5.74, 6) is 0.372. The van der Waals surface area contributed by atoms with Crippen molar-refractivity contribution in [1.29, 1.82) is 0 Å². The van der Waals surface area contributed by atoms with Crippen molar-refractivity contribution in [3.05, 3.63) is 0 Å². The molecule has 0 aromatic heterocycles. The summed E-state index contributed by atoms with van der Waals surface area (Å²) in [6.45, 7) is 4.64. The second kappa shape index (κ2) is 4.55. The van der Waals surface area contributed by atoms with Crippen molar-refractivity contribution < 1.29 is 9.59 Å². The lowest BCUT2D eigenvalue weighted by Gasteiger charge is -2.24. The first-order chi connectivity index (χ1) is 6.60. The molecule has 0 aliphatic carbocycles. The molecule has 0 aromatic rings. The fraction of sp³-hybridized carbons (Fsp3) is 0.800. The van der Waals surface area contributed by atoms with Crippen molar-refractivity contribution in [3.63, 3.8) is 0 Å². The highest BCUT2D eigenvalue weighted by atomic mass is 16.2. The van der Waals surface area contributed by atoms with Crippen molar-refractivity contribution in [2.45, 2.75) is 32.7 Å². The number of nitrogens with two attached hydrogens (primary N) is 1. The van der Waals surface area contributed by atoms with Crippen LogP contribution in [0.1, 0.15) is 26.7 Å². The lowest BCUT2D eigenvalue weighted by atomic mass is 10.1. The summed E-state index contributed by atoms with van der Waals surface area (Å²) >= 11 is 0. The van der Waals surface area contributed by atoms with E-state index in [0.29, 0.717) is 25.9 Å². The monoisotopic (exact) mass is 198 g/mol. The molecule has 0 spiro atoms. The molecule has 1 amide bonds. The molecule has 1 fully saturated rings. The van der Waals surface area contributed by atoms with Gasteiger partial charge in [-0.15, -0.1) is 0 Å². The van der Waals surface area contributed by atoms with Crippen LogP contribution < -0.4 is 5.73 Å². The number of likely N-dealkylation sites (tertiary alicyclic amines) is 1. The number of carbonyl (C=O) groups excluding carboxylic acids is 2. The minimum absolute atomic E-state index is 0.0681. The van der Waals surface area contributed by atoms with E-state index >= 15 is 0 Å². The molecule has 0 radical (unpaired) electrons. The molecule has 0 aromatic carbocycles. The van der Waals surface area contributed by atoms with E-state index in [9.17, 15) is 9.59 Å². The van der Waals surface area contributed by atoms with Gasteiger partial charge < -0.3 is 10.6 Å². The van der Waals surface area contributed by atoms with E-state index in [1.165, 1.54) is 6.92 Å². The average Bonchev–Trinajstić information content (AvgIpc) is 2.48. The predicted molar refractivity (Wildman–Crippen MR) is 53.6 cm³/mol. The Morgan fingerprint density at radius 3 is 2.71 bits per heavy atom. The Hall–Kier alpha value is -0.900. The number of carbonyl (C=O) groups is 2. The molecule has 0 saturated carbocycles. The van der Waals surface area contributed by atoms with Crippen molar-refractivity contribution in [2.75, 3.05) is 13.1 Å². The minimum Gasteiger partial charge on any atom is -0.332 e. The zero-order valence-corrected chi connectivity index (χ0v) is 8.82. The van der Waals surface area contributed by atoms with E-state index in [2.05, 4.69) is 0 Å². The highest BCUT2D eigenvalue weighted by Gasteiger charge is 2.34. The van der Waals surface area contributed by atoms with Gasteiger partial charge in [0.1, 0.15) is 0 Å². The van der Waals surface area contributed by atoms with Gasteiger partial charge in [-0.25, -0.2) is 0 Å². The van der Waals surface area contributed by atoms with Crippen LogP contribution in [0.2, 0.25) is 0 Å². The van der Waals surface area contributed by atoms with Crippen LogP contribution in [-0.2, 0) is 9.59 Å². The van der Waals surface area contributed by atoms with E-state index in [-0.39, 0.29) is 23.7 Å². The van der Waals surface area contributed by atoms with E-state index in [4.69, 9.17) is 5.73 Å². The number of rotatable bonds is 4. The van der Waals surface area contributed by atoms with Gasteiger partial charge in [0.15, 0.2) is 5.78 Å². The average molecular weight is 198 g/mol. The van der Waals surface area contributed by atoms with E-state index in [1.807, 2.05) is 6.92 Å². The standard InChI is InChI=1S/C10H18N2O2/c1-3-9(7(2)13)12-6-8(5-11)4-10(12)14/h8-9H,3-6,11H2,1-2H3/t8?,9-/m0/s1. The van der Waals surface area contributed by atoms with Gasteiger partial charge in [0, 0.05) is 13.0 Å². The molecule has 1 aliphatic rings. The molecule has 80 valence electrons. The highest BCUT2D eigenvalue weighted by Crippen LogP contribution is 2.20. The minimum atomic E-state index is -0.237. The summed E-state index contributed by atoms with van der Waals surface area (Å²) < 4.78 is 0. The first-order valence-electron chi connectivity index (χ1n) is 5.10. The van der Waals surface area contributed by atoms with Gasteiger partial charge in [0.2, 0.25) is 5.91 Å². The van der Waals surface area contributed by atoms with Crippen LogP contribution in [0.15, 0.2) is 0 Å².